The van der Waals surface area contributed by atoms with E-state index in [9.17, 15) is 0 Å². The summed E-state index contributed by atoms with van der Waals surface area (Å²) < 4.78 is 19.0. The molecule has 0 atom stereocenters. The molecule has 0 spiro atoms. The van der Waals surface area contributed by atoms with Gasteiger partial charge in [0.1, 0.15) is 0 Å². The van der Waals surface area contributed by atoms with Gasteiger partial charge in [-0.2, -0.15) is 0 Å². The van der Waals surface area contributed by atoms with Gasteiger partial charge in [-0.3, -0.25) is 4.57 Å². The third-order valence-electron chi connectivity index (χ3n) is 2.77. The quantitative estimate of drug-likeness (QED) is 0.659. The normalized spacial score (nSPS) is 20.4. The van der Waals surface area contributed by atoms with Gasteiger partial charge in [0, 0.05) is 32.9 Å². The molecule has 0 bridgehead atoms. The third-order valence-corrected chi connectivity index (χ3v) is 6.72. The maximum absolute atomic E-state index is 5.68. The summed E-state index contributed by atoms with van der Waals surface area (Å²) in [7, 11) is 1.34. The number of morpholine rings is 1. The maximum atomic E-state index is 5.68. The Hall–Kier alpha value is 0.0569. The van der Waals surface area contributed by atoms with E-state index >= 15 is 0 Å². The van der Waals surface area contributed by atoms with Gasteiger partial charge in [-0.05, 0) is 0 Å². The van der Waals surface area contributed by atoms with E-state index in [4.69, 9.17) is 13.6 Å². The fourth-order valence-electron chi connectivity index (χ4n) is 2.05. The van der Waals surface area contributed by atoms with Gasteiger partial charge in [-0.25, -0.2) is 0 Å². The first-order valence-electron chi connectivity index (χ1n) is 5.10. The number of nitrogens with zero attached hydrogens (tertiary/aromatic N) is 1. The summed E-state index contributed by atoms with van der Waals surface area (Å²) in [5.74, 6) is 0. The number of hydrogen-bond acceptors (Lipinski definition) is 4. The monoisotopic (exact) mass is 219 g/mol. The van der Waals surface area contributed by atoms with Crippen LogP contribution >= 0.6 is 0 Å². The first kappa shape index (κ1) is 12.1. The Labute approximate surface area is 87.5 Å². The average Bonchev–Trinajstić information content (AvgIpc) is 2.22. The Morgan fingerprint density at radius 2 is 1.64 bits per heavy atom. The van der Waals surface area contributed by atoms with Crippen molar-refractivity contribution in [3.05, 3.63) is 0 Å². The van der Waals surface area contributed by atoms with Crippen LogP contribution in [0.25, 0.3) is 0 Å². The largest absolute Gasteiger partial charge is 0.430 e. The van der Waals surface area contributed by atoms with Crippen LogP contribution < -0.4 is 0 Å². The molecule has 0 aliphatic carbocycles. The Morgan fingerprint density at radius 3 is 2.00 bits per heavy atom. The maximum Gasteiger partial charge on any atom is 0.430 e. The van der Waals surface area contributed by atoms with Crippen LogP contribution in [0.15, 0.2) is 0 Å². The van der Waals surface area contributed by atoms with E-state index < -0.39 is 8.72 Å². The molecule has 5 heteroatoms. The zero-order valence-corrected chi connectivity index (χ0v) is 10.6. The van der Waals surface area contributed by atoms with Gasteiger partial charge in [0.2, 0.25) is 0 Å². The predicted octanol–water partition coefficient (Wildman–Crippen LogP) is 0.960. The fraction of sp³-hybridized carbons (Fsp3) is 1.00. The second-order valence-electron chi connectivity index (χ2n) is 3.79. The molecule has 1 heterocycles. The van der Waals surface area contributed by atoms with Crippen molar-refractivity contribution < 1.29 is 13.6 Å². The van der Waals surface area contributed by atoms with Crippen molar-refractivity contribution >= 4 is 8.72 Å². The molecule has 14 heavy (non-hydrogen) atoms. The van der Waals surface area contributed by atoms with Gasteiger partial charge < -0.3 is 13.6 Å². The summed E-state index contributed by atoms with van der Waals surface area (Å²) in [6.45, 7) is 7.74. The topological polar surface area (TPSA) is 30.9 Å². The number of ether oxygens (including phenoxy) is 1. The van der Waals surface area contributed by atoms with Crippen molar-refractivity contribution in [1.82, 2.24) is 4.57 Å². The van der Waals surface area contributed by atoms with Crippen molar-refractivity contribution in [2.24, 2.45) is 0 Å². The van der Waals surface area contributed by atoms with Crippen molar-refractivity contribution in [3.8, 4) is 0 Å². The fourth-order valence-corrected chi connectivity index (χ4v) is 5.22. The molecule has 1 saturated heterocycles. The van der Waals surface area contributed by atoms with E-state index in [0.29, 0.717) is 5.54 Å². The van der Waals surface area contributed by atoms with E-state index in [1.54, 1.807) is 14.2 Å². The van der Waals surface area contributed by atoms with Gasteiger partial charge in [0.05, 0.1) is 13.2 Å². The van der Waals surface area contributed by atoms with Crippen LogP contribution in [0.3, 0.4) is 0 Å². The highest BCUT2D eigenvalue weighted by molar-refractivity contribution is 6.65. The van der Waals surface area contributed by atoms with Crippen LogP contribution in [0.5, 0.6) is 0 Å². The summed E-state index contributed by atoms with van der Waals surface area (Å²) in [6, 6.07) is 0. The van der Waals surface area contributed by atoms with E-state index in [1.807, 2.05) is 0 Å². The Kier molecular flexibility index (Phi) is 4.53. The molecule has 1 rings (SSSR count). The number of rotatable bonds is 4. The Bertz CT molecular complexity index is 167. The summed E-state index contributed by atoms with van der Waals surface area (Å²) in [6.07, 6.45) is 0. The SMILES string of the molecule is CO[Si](OC)(C(C)C)N1CCOCC1. The van der Waals surface area contributed by atoms with Crippen molar-refractivity contribution in [3.63, 3.8) is 0 Å². The van der Waals surface area contributed by atoms with E-state index in [-0.39, 0.29) is 0 Å². The highest BCUT2D eigenvalue weighted by Crippen LogP contribution is 2.26. The molecule has 0 amide bonds. The summed E-state index contributed by atoms with van der Waals surface area (Å²) in [4.78, 5) is 0. The standard InChI is InChI=1S/C9H21NO3Si/c1-9(2)14(11-3,12-4)10-5-7-13-8-6-10/h9H,5-8H2,1-4H3. The Balaban J connectivity index is 2.73. The zero-order valence-electron chi connectivity index (χ0n) is 9.58. The van der Waals surface area contributed by atoms with Crippen LogP contribution in [-0.4, -0.2) is 53.8 Å². The number of hydrogen-bond donors (Lipinski definition) is 0. The molecular weight excluding hydrogens is 198 g/mol. The lowest BCUT2D eigenvalue weighted by Crippen LogP contribution is -2.62. The molecule has 0 unspecified atom stereocenters. The molecule has 0 aromatic heterocycles. The summed E-state index contributed by atoms with van der Waals surface area (Å²) in [5.41, 5.74) is 0.426. The first-order valence-corrected chi connectivity index (χ1v) is 6.94. The van der Waals surface area contributed by atoms with E-state index in [1.165, 1.54) is 0 Å². The van der Waals surface area contributed by atoms with E-state index in [2.05, 4.69) is 18.4 Å². The molecule has 84 valence electrons. The lowest BCUT2D eigenvalue weighted by Gasteiger charge is -2.42. The molecule has 1 aliphatic heterocycles. The van der Waals surface area contributed by atoms with Crippen LogP contribution in [0.4, 0.5) is 0 Å². The lowest BCUT2D eigenvalue weighted by atomic mass is 10.5. The average molecular weight is 219 g/mol. The molecule has 0 saturated carbocycles. The minimum atomic E-state index is -2.17. The molecule has 4 nitrogen and oxygen atoms in total. The Morgan fingerprint density at radius 1 is 1.14 bits per heavy atom. The molecule has 0 N–H and O–H groups in total. The smallest absolute Gasteiger partial charge is 0.386 e. The molecule has 1 fully saturated rings. The van der Waals surface area contributed by atoms with Gasteiger partial charge >= 0.3 is 8.72 Å². The first-order chi connectivity index (χ1) is 6.67. The minimum Gasteiger partial charge on any atom is -0.386 e. The van der Waals surface area contributed by atoms with Crippen LogP contribution in [0.1, 0.15) is 13.8 Å². The molecule has 0 radical (unpaired) electrons. The molecular formula is C9H21NO3Si. The second kappa shape index (κ2) is 5.23. The highest BCUT2D eigenvalue weighted by Gasteiger charge is 2.47. The minimum absolute atomic E-state index is 0.426. The van der Waals surface area contributed by atoms with E-state index in [0.717, 1.165) is 26.3 Å². The molecule has 0 aromatic carbocycles. The van der Waals surface area contributed by atoms with Crippen molar-refractivity contribution in [2.75, 3.05) is 40.5 Å². The van der Waals surface area contributed by atoms with Crippen LogP contribution in [0.2, 0.25) is 5.54 Å². The summed E-state index contributed by atoms with van der Waals surface area (Å²) in [5, 5.41) is 0. The highest BCUT2D eigenvalue weighted by atomic mass is 28.4. The van der Waals surface area contributed by atoms with Gasteiger partial charge in [0.25, 0.3) is 0 Å². The second-order valence-corrected chi connectivity index (χ2v) is 7.66. The zero-order chi connectivity index (χ0) is 10.6. The van der Waals surface area contributed by atoms with Crippen molar-refractivity contribution in [1.29, 1.82) is 0 Å². The predicted molar refractivity (Wildman–Crippen MR) is 57.3 cm³/mol. The molecule has 0 aromatic rings. The summed E-state index contributed by atoms with van der Waals surface area (Å²) >= 11 is 0. The van der Waals surface area contributed by atoms with Gasteiger partial charge in [-0.15, -0.1) is 0 Å². The van der Waals surface area contributed by atoms with Gasteiger partial charge in [-0.1, -0.05) is 13.8 Å². The van der Waals surface area contributed by atoms with Gasteiger partial charge in [0.15, 0.2) is 0 Å². The van der Waals surface area contributed by atoms with Crippen LogP contribution in [-0.2, 0) is 13.6 Å². The van der Waals surface area contributed by atoms with Crippen LogP contribution in [0, 0.1) is 0 Å². The third kappa shape index (κ3) is 2.17. The van der Waals surface area contributed by atoms with Crippen molar-refractivity contribution in [2.45, 2.75) is 19.4 Å². The lowest BCUT2D eigenvalue weighted by molar-refractivity contribution is 0.0380. The molecule has 1 aliphatic rings.